The van der Waals surface area contributed by atoms with Crippen LogP contribution in [0.4, 0.5) is 14.5 Å². The number of hydrogen-bond acceptors (Lipinski definition) is 5. The molecule has 6 nitrogen and oxygen atoms in total. The summed E-state index contributed by atoms with van der Waals surface area (Å²) >= 11 is 0. The fourth-order valence-electron chi connectivity index (χ4n) is 4.82. The van der Waals surface area contributed by atoms with E-state index >= 15 is 0 Å². The number of imide groups is 1. The molecular weight excluding hydrogens is 378 g/mol. The molecule has 29 heavy (non-hydrogen) atoms. The summed E-state index contributed by atoms with van der Waals surface area (Å²) < 4.78 is 29.6. The van der Waals surface area contributed by atoms with Gasteiger partial charge in [0.15, 0.2) is 0 Å². The topological polar surface area (TPSA) is 73.5 Å². The minimum Gasteiger partial charge on any atom is -0.373 e. The number of anilines is 1. The van der Waals surface area contributed by atoms with Gasteiger partial charge in [0.1, 0.15) is 17.7 Å². The highest BCUT2D eigenvalue weighted by molar-refractivity contribution is 6.01. The van der Waals surface area contributed by atoms with Crippen LogP contribution < -0.4 is 16.0 Å². The van der Waals surface area contributed by atoms with Crippen LogP contribution in [0.1, 0.15) is 50.0 Å². The maximum absolute atomic E-state index is 14.8. The van der Waals surface area contributed by atoms with Gasteiger partial charge in [0.25, 0.3) is 0 Å². The van der Waals surface area contributed by atoms with Gasteiger partial charge in [0, 0.05) is 23.7 Å². The first-order chi connectivity index (χ1) is 14.0. The van der Waals surface area contributed by atoms with Crippen molar-refractivity contribution in [2.24, 2.45) is 0 Å². The minimum absolute atomic E-state index is 0.127. The van der Waals surface area contributed by atoms with Crippen LogP contribution >= 0.6 is 0 Å². The Kier molecular flexibility index (Phi) is 6.10. The number of halogens is 2. The summed E-state index contributed by atoms with van der Waals surface area (Å²) in [7, 11) is 0. The molecule has 4 rings (SSSR count). The van der Waals surface area contributed by atoms with Crippen LogP contribution in [0, 0.1) is 11.6 Å². The van der Waals surface area contributed by atoms with Crippen molar-refractivity contribution in [1.29, 1.82) is 0 Å². The van der Waals surface area contributed by atoms with Gasteiger partial charge in [-0.2, -0.15) is 0 Å². The van der Waals surface area contributed by atoms with Crippen molar-refractivity contribution < 1.29 is 18.4 Å². The summed E-state index contributed by atoms with van der Waals surface area (Å²) in [5.74, 6) is -2.05. The third-order valence-corrected chi connectivity index (χ3v) is 6.42. The molecule has 0 spiro atoms. The fourth-order valence-corrected chi connectivity index (χ4v) is 4.82. The van der Waals surface area contributed by atoms with Crippen LogP contribution in [0.3, 0.4) is 0 Å². The summed E-state index contributed by atoms with van der Waals surface area (Å²) in [6.07, 6.45) is 4.28. The number of carbonyl (C=O) groups is 2. The van der Waals surface area contributed by atoms with Crippen molar-refractivity contribution in [2.45, 2.75) is 56.5 Å². The number of hydrogen-bond donors (Lipinski definition) is 3. The number of carbonyl (C=O) groups excluding carboxylic acids is 2. The molecule has 3 aliphatic rings. The van der Waals surface area contributed by atoms with Crippen LogP contribution in [-0.4, -0.2) is 55.0 Å². The lowest BCUT2D eigenvalue weighted by atomic mass is 9.87. The summed E-state index contributed by atoms with van der Waals surface area (Å²) in [6.45, 7) is 3.81. The Balaban J connectivity index is 1.40. The number of nitrogens with one attached hydrogen (secondary N) is 3. The molecule has 0 bridgehead atoms. The molecule has 0 aromatic heterocycles. The molecule has 3 fully saturated rings. The second-order valence-corrected chi connectivity index (χ2v) is 8.29. The molecular formula is C21H28F2N4O2. The van der Waals surface area contributed by atoms with Crippen molar-refractivity contribution in [3.8, 4) is 0 Å². The predicted molar refractivity (Wildman–Crippen MR) is 106 cm³/mol. The number of piperidine rings is 3. The Bertz CT molecular complexity index is 751. The maximum Gasteiger partial charge on any atom is 0.249 e. The summed E-state index contributed by atoms with van der Waals surface area (Å²) in [6, 6.07) is 2.44. The van der Waals surface area contributed by atoms with Gasteiger partial charge in [0.05, 0.1) is 0 Å². The van der Waals surface area contributed by atoms with E-state index in [0.29, 0.717) is 12.5 Å². The molecule has 0 aliphatic carbocycles. The second kappa shape index (κ2) is 8.75. The van der Waals surface area contributed by atoms with E-state index in [9.17, 15) is 18.4 Å². The Hall–Kier alpha value is -2.06. The van der Waals surface area contributed by atoms with E-state index in [2.05, 4.69) is 20.9 Å². The van der Waals surface area contributed by atoms with Crippen LogP contribution in [0.5, 0.6) is 0 Å². The van der Waals surface area contributed by atoms with E-state index in [1.54, 1.807) is 0 Å². The molecule has 1 aromatic rings. The second-order valence-electron chi connectivity index (χ2n) is 8.29. The Labute approximate surface area is 169 Å². The first-order valence-corrected chi connectivity index (χ1v) is 10.5. The zero-order valence-electron chi connectivity index (χ0n) is 16.5. The first kappa shape index (κ1) is 20.2. The Morgan fingerprint density at radius 3 is 2.24 bits per heavy atom. The number of rotatable bonds is 4. The maximum atomic E-state index is 14.8. The highest BCUT2D eigenvalue weighted by Crippen LogP contribution is 2.34. The van der Waals surface area contributed by atoms with Crippen LogP contribution in [0.25, 0.3) is 0 Å². The molecule has 158 valence electrons. The molecule has 1 unspecified atom stereocenters. The molecule has 1 aromatic carbocycles. The summed E-state index contributed by atoms with van der Waals surface area (Å²) in [5, 5.41) is 8.46. The highest BCUT2D eigenvalue weighted by Gasteiger charge is 2.31. The molecule has 3 saturated heterocycles. The summed E-state index contributed by atoms with van der Waals surface area (Å²) in [4.78, 5) is 25.6. The van der Waals surface area contributed by atoms with Gasteiger partial charge >= 0.3 is 0 Å². The van der Waals surface area contributed by atoms with E-state index in [-0.39, 0.29) is 29.5 Å². The molecule has 8 heteroatoms. The van der Waals surface area contributed by atoms with Crippen molar-refractivity contribution in [3.63, 3.8) is 0 Å². The molecule has 0 saturated carbocycles. The number of nitrogens with zero attached hydrogens (tertiary/aromatic N) is 1. The smallest absolute Gasteiger partial charge is 0.249 e. The minimum atomic E-state index is -0.662. The van der Waals surface area contributed by atoms with E-state index in [1.807, 2.05) is 0 Å². The quantitative estimate of drug-likeness (QED) is 0.668. The standard InChI is InChI=1S/C21H28F2N4O2/c22-16-11-14(25-18-1-2-19(28)26-21(18)29)12-17(23)20(16)13-5-9-27(10-6-13)15-3-7-24-8-4-15/h11-13,15,18,24-25H,1-10H2,(H,26,28,29). The van der Waals surface area contributed by atoms with Gasteiger partial charge in [0.2, 0.25) is 11.8 Å². The molecule has 0 radical (unpaired) electrons. The number of likely N-dealkylation sites (tertiary alicyclic amines) is 1. The van der Waals surface area contributed by atoms with E-state index in [1.165, 1.54) is 12.1 Å². The van der Waals surface area contributed by atoms with Crippen molar-refractivity contribution in [3.05, 3.63) is 29.3 Å². The molecule has 2 amide bonds. The lowest BCUT2D eigenvalue weighted by molar-refractivity contribution is -0.133. The first-order valence-electron chi connectivity index (χ1n) is 10.5. The van der Waals surface area contributed by atoms with Crippen molar-refractivity contribution >= 4 is 17.5 Å². The fraction of sp³-hybridized carbons (Fsp3) is 0.619. The predicted octanol–water partition coefficient (Wildman–Crippen LogP) is 2.11. The van der Waals surface area contributed by atoms with Crippen LogP contribution in [0.15, 0.2) is 12.1 Å². The third-order valence-electron chi connectivity index (χ3n) is 6.42. The van der Waals surface area contributed by atoms with Gasteiger partial charge < -0.3 is 15.5 Å². The average molecular weight is 406 g/mol. The SMILES string of the molecule is O=C1CCC(Nc2cc(F)c(C3CCN(C4CCNCC4)CC3)c(F)c2)C(=O)N1. The van der Waals surface area contributed by atoms with E-state index in [0.717, 1.165) is 51.9 Å². The van der Waals surface area contributed by atoms with Crippen molar-refractivity contribution in [2.75, 3.05) is 31.5 Å². The largest absolute Gasteiger partial charge is 0.373 e. The molecule has 3 N–H and O–H groups in total. The van der Waals surface area contributed by atoms with E-state index < -0.39 is 23.6 Å². The third kappa shape index (κ3) is 4.59. The monoisotopic (exact) mass is 406 g/mol. The molecule has 3 heterocycles. The Morgan fingerprint density at radius 2 is 1.62 bits per heavy atom. The zero-order valence-corrected chi connectivity index (χ0v) is 16.5. The number of amides is 2. The Morgan fingerprint density at radius 1 is 0.966 bits per heavy atom. The normalized spacial score (nSPS) is 25.1. The van der Waals surface area contributed by atoms with Gasteiger partial charge in [-0.15, -0.1) is 0 Å². The molecule has 1 atom stereocenters. The average Bonchev–Trinajstić information content (AvgIpc) is 2.71. The van der Waals surface area contributed by atoms with Crippen molar-refractivity contribution in [1.82, 2.24) is 15.5 Å². The van der Waals surface area contributed by atoms with Gasteiger partial charge in [-0.3, -0.25) is 14.9 Å². The molecule has 3 aliphatic heterocycles. The van der Waals surface area contributed by atoms with Gasteiger partial charge in [-0.05, 0) is 76.3 Å². The lowest BCUT2D eigenvalue weighted by Gasteiger charge is -2.39. The van der Waals surface area contributed by atoms with Gasteiger partial charge in [-0.1, -0.05) is 0 Å². The van der Waals surface area contributed by atoms with E-state index in [4.69, 9.17) is 0 Å². The lowest BCUT2D eigenvalue weighted by Crippen LogP contribution is -2.47. The van der Waals surface area contributed by atoms with Gasteiger partial charge in [-0.25, -0.2) is 8.78 Å². The summed E-state index contributed by atoms with van der Waals surface area (Å²) in [5.41, 5.74) is 0.383. The highest BCUT2D eigenvalue weighted by atomic mass is 19.1. The number of benzene rings is 1. The van der Waals surface area contributed by atoms with Crippen LogP contribution in [-0.2, 0) is 9.59 Å². The zero-order chi connectivity index (χ0) is 20.4. The van der Waals surface area contributed by atoms with Crippen LogP contribution in [0.2, 0.25) is 0 Å².